The van der Waals surface area contributed by atoms with Gasteiger partial charge in [-0.3, -0.25) is 0 Å². The van der Waals surface area contributed by atoms with Crippen LogP contribution in [0.2, 0.25) is 0 Å². The monoisotopic (exact) mass is 292 g/mol. The van der Waals surface area contributed by atoms with Gasteiger partial charge in [-0.2, -0.15) is 0 Å². The fourth-order valence-corrected chi connectivity index (χ4v) is 3.22. The molecule has 1 aliphatic heterocycles. The zero-order valence-corrected chi connectivity index (χ0v) is 13.2. The van der Waals surface area contributed by atoms with Crippen molar-refractivity contribution in [2.45, 2.75) is 25.9 Å². The standard InChI is InChI=1S/C13H28N2O3S/c1-12(16)10-15-6-4-13(5-7-15)11-14(2)8-9-19(3,17)18/h12-13,16H,4-11H2,1-3H3. The third-order valence-electron chi connectivity index (χ3n) is 3.64. The zero-order chi connectivity index (χ0) is 14.5. The summed E-state index contributed by atoms with van der Waals surface area (Å²) >= 11 is 0. The summed E-state index contributed by atoms with van der Waals surface area (Å²) in [6.45, 7) is 6.25. The molecule has 0 aromatic heterocycles. The van der Waals surface area contributed by atoms with Crippen LogP contribution >= 0.6 is 0 Å². The van der Waals surface area contributed by atoms with Crippen LogP contribution in [0.1, 0.15) is 19.8 Å². The van der Waals surface area contributed by atoms with Crippen LogP contribution in [0.15, 0.2) is 0 Å². The molecule has 0 bridgehead atoms. The zero-order valence-electron chi connectivity index (χ0n) is 12.4. The maximum Gasteiger partial charge on any atom is 0.148 e. The summed E-state index contributed by atoms with van der Waals surface area (Å²) in [5.74, 6) is 0.888. The summed E-state index contributed by atoms with van der Waals surface area (Å²) in [4.78, 5) is 4.42. The molecule has 1 aliphatic rings. The minimum absolute atomic E-state index is 0.240. The number of sulfone groups is 1. The van der Waals surface area contributed by atoms with Crippen LogP contribution in [0.25, 0.3) is 0 Å². The van der Waals surface area contributed by atoms with Crippen LogP contribution in [-0.4, -0.2) is 81.2 Å². The Labute approximate surface area is 117 Å². The molecule has 5 nitrogen and oxygen atoms in total. The Kier molecular flexibility index (Phi) is 6.73. The number of aliphatic hydroxyl groups excluding tert-OH is 1. The molecular formula is C13H28N2O3S. The number of β-amino-alcohol motifs (C(OH)–C–C–N with tert-alkyl or cyclic N) is 1. The molecule has 1 atom stereocenters. The number of hydrogen-bond donors (Lipinski definition) is 1. The van der Waals surface area contributed by atoms with E-state index in [4.69, 9.17) is 0 Å². The molecule has 0 aromatic carbocycles. The highest BCUT2D eigenvalue weighted by atomic mass is 32.2. The second kappa shape index (κ2) is 7.57. The first-order valence-corrected chi connectivity index (χ1v) is 9.09. The summed E-state index contributed by atoms with van der Waals surface area (Å²) in [5, 5.41) is 9.36. The molecular weight excluding hydrogens is 264 g/mol. The third kappa shape index (κ3) is 7.87. The van der Waals surface area contributed by atoms with E-state index >= 15 is 0 Å². The minimum atomic E-state index is -2.86. The van der Waals surface area contributed by atoms with Gasteiger partial charge >= 0.3 is 0 Å². The van der Waals surface area contributed by atoms with Crippen LogP contribution in [0.3, 0.4) is 0 Å². The van der Waals surface area contributed by atoms with Gasteiger partial charge in [-0.1, -0.05) is 0 Å². The van der Waals surface area contributed by atoms with E-state index in [0.29, 0.717) is 12.5 Å². The predicted octanol–water partition coefficient (Wildman–Crippen LogP) is 0.0556. The molecule has 6 heteroatoms. The van der Waals surface area contributed by atoms with Gasteiger partial charge in [-0.25, -0.2) is 8.42 Å². The van der Waals surface area contributed by atoms with Crippen LogP contribution in [-0.2, 0) is 9.84 Å². The maximum atomic E-state index is 11.1. The van der Waals surface area contributed by atoms with Crippen LogP contribution in [0.5, 0.6) is 0 Å². The SMILES string of the molecule is CC(O)CN1CCC(CN(C)CCS(C)(=O)=O)CC1. The number of rotatable bonds is 7. The van der Waals surface area contributed by atoms with E-state index < -0.39 is 9.84 Å². The van der Waals surface area contributed by atoms with Crippen molar-refractivity contribution in [2.24, 2.45) is 5.92 Å². The van der Waals surface area contributed by atoms with Gasteiger partial charge in [-0.15, -0.1) is 0 Å². The van der Waals surface area contributed by atoms with Crippen molar-refractivity contribution in [1.82, 2.24) is 9.80 Å². The molecule has 0 aliphatic carbocycles. The number of hydrogen-bond acceptors (Lipinski definition) is 5. The van der Waals surface area contributed by atoms with Gasteiger partial charge in [0.2, 0.25) is 0 Å². The van der Waals surface area contributed by atoms with Crippen molar-refractivity contribution in [3.63, 3.8) is 0 Å². The first-order chi connectivity index (χ1) is 8.76. The van der Waals surface area contributed by atoms with Crippen molar-refractivity contribution in [3.8, 4) is 0 Å². The smallest absolute Gasteiger partial charge is 0.148 e. The molecule has 1 N–H and O–H groups in total. The van der Waals surface area contributed by atoms with Crippen molar-refractivity contribution in [3.05, 3.63) is 0 Å². The molecule has 0 amide bonds. The quantitative estimate of drug-likeness (QED) is 0.719. The number of aliphatic hydroxyl groups is 1. The lowest BCUT2D eigenvalue weighted by molar-refractivity contribution is 0.0931. The van der Waals surface area contributed by atoms with E-state index in [1.165, 1.54) is 6.26 Å². The van der Waals surface area contributed by atoms with Gasteiger partial charge in [-0.05, 0) is 45.8 Å². The van der Waals surface area contributed by atoms with Crippen LogP contribution in [0, 0.1) is 5.92 Å². The van der Waals surface area contributed by atoms with E-state index in [-0.39, 0.29) is 11.9 Å². The molecule has 19 heavy (non-hydrogen) atoms. The first kappa shape index (κ1) is 16.9. The first-order valence-electron chi connectivity index (χ1n) is 7.03. The lowest BCUT2D eigenvalue weighted by Gasteiger charge is -2.34. The molecule has 1 fully saturated rings. The Morgan fingerprint density at radius 1 is 1.37 bits per heavy atom. The fourth-order valence-electron chi connectivity index (χ4n) is 2.58. The summed E-state index contributed by atoms with van der Waals surface area (Å²) in [7, 11) is -0.867. The summed E-state index contributed by atoms with van der Waals surface area (Å²) in [6.07, 6.45) is 3.30. The maximum absolute atomic E-state index is 11.1. The third-order valence-corrected chi connectivity index (χ3v) is 4.57. The largest absolute Gasteiger partial charge is 0.392 e. The van der Waals surface area contributed by atoms with Gasteiger partial charge in [0.25, 0.3) is 0 Å². The Bertz CT molecular complexity index is 349. The normalized spacial score (nSPS) is 20.9. The van der Waals surface area contributed by atoms with E-state index in [1.54, 1.807) is 0 Å². The Morgan fingerprint density at radius 3 is 2.42 bits per heavy atom. The van der Waals surface area contributed by atoms with Crippen molar-refractivity contribution >= 4 is 9.84 Å². The summed E-state index contributed by atoms with van der Waals surface area (Å²) < 4.78 is 22.2. The number of nitrogens with zero attached hydrogens (tertiary/aromatic N) is 2. The Morgan fingerprint density at radius 2 is 1.95 bits per heavy atom. The average molecular weight is 292 g/mol. The highest BCUT2D eigenvalue weighted by molar-refractivity contribution is 7.90. The number of piperidine rings is 1. The van der Waals surface area contributed by atoms with E-state index in [9.17, 15) is 13.5 Å². The lowest BCUT2D eigenvalue weighted by Crippen LogP contribution is -2.41. The van der Waals surface area contributed by atoms with Gasteiger partial charge in [0.1, 0.15) is 9.84 Å². The van der Waals surface area contributed by atoms with E-state index in [2.05, 4.69) is 9.80 Å². The van der Waals surface area contributed by atoms with Gasteiger partial charge in [0.15, 0.2) is 0 Å². The second-order valence-corrected chi connectivity index (χ2v) is 8.24. The highest BCUT2D eigenvalue weighted by Gasteiger charge is 2.21. The highest BCUT2D eigenvalue weighted by Crippen LogP contribution is 2.18. The average Bonchev–Trinajstić information content (AvgIpc) is 2.28. The lowest BCUT2D eigenvalue weighted by atomic mass is 9.96. The molecule has 114 valence electrons. The second-order valence-electron chi connectivity index (χ2n) is 5.99. The molecule has 0 radical (unpaired) electrons. The molecule has 0 saturated carbocycles. The minimum Gasteiger partial charge on any atom is -0.392 e. The molecule has 0 spiro atoms. The number of likely N-dealkylation sites (tertiary alicyclic amines) is 1. The van der Waals surface area contributed by atoms with Crippen LogP contribution < -0.4 is 0 Å². The van der Waals surface area contributed by atoms with Crippen molar-refractivity contribution in [1.29, 1.82) is 0 Å². The van der Waals surface area contributed by atoms with Crippen LogP contribution in [0.4, 0.5) is 0 Å². The van der Waals surface area contributed by atoms with Gasteiger partial charge < -0.3 is 14.9 Å². The summed E-state index contributed by atoms with van der Waals surface area (Å²) in [5.41, 5.74) is 0. The van der Waals surface area contributed by atoms with E-state index in [1.807, 2.05) is 14.0 Å². The molecule has 1 heterocycles. The van der Waals surface area contributed by atoms with Gasteiger partial charge in [0.05, 0.1) is 11.9 Å². The Hall–Kier alpha value is -0.170. The predicted molar refractivity (Wildman–Crippen MR) is 78.1 cm³/mol. The summed E-state index contributed by atoms with van der Waals surface area (Å²) in [6, 6.07) is 0. The molecule has 1 unspecified atom stereocenters. The Balaban J connectivity index is 2.21. The fraction of sp³-hybridized carbons (Fsp3) is 1.00. The molecule has 1 saturated heterocycles. The van der Waals surface area contributed by atoms with Crippen molar-refractivity contribution < 1.29 is 13.5 Å². The molecule has 0 aromatic rings. The van der Waals surface area contributed by atoms with E-state index in [0.717, 1.165) is 39.0 Å². The van der Waals surface area contributed by atoms with Crippen molar-refractivity contribution in [2.75, 3.05) is 51.8 Å². The topological polar surface area (TPSA) is 60.9 Å². The van der Waals surface area contributed by atoms with Gasteiger partial charge in [0, 0.05) is 25.9 Å². The molecule has 1 rings (SSSR count).